The fraction of sp³-hybridized carbons (Fsp3) is 0.467. The van der Waals surface area contributed by atoms with Crippen molar-refractivity contribution in [3.63, 3.8) is 0 Å². The molecule has 0 aliphatic rings. The van der Waals surface area contributed by atoms with Crippen molar-refractivity contribution in [2.75, 3.05) is 13.2 Å². The maximum Gasteiger partial charge on any atom is 0.0456 e. The summed E-state index contributed by atoms with van der Waals surface area (Å²) < 4.78 is 0. The van der Waals surface area contributed by atoms with E-state index in [1.165, 1.54) is 16.5 Å². The van der Waals surface area contributed by atoms with Gasteiger partial charge in [0.05, 0.1) is 0 Å². The molecule has 0 spiro atoms. The third-order valence-corrected chi connectivity index (χ3v) is 3.41. The van der Waals surface area contributed by atoms with Crippen molar-refractivity contribution < 1.29 is 5.11 Å². The Morgan fingerprint density at radius 2 is 2.06 bits per heavy atom. The second-order valence-electron chi connectivity index (χ2n) is 5.39. The summed E-state index contributed by atoms with van der Waals surface area (Å²) in [5.41, 5.74) is 2.54. The fourth-order valence-corrected chi connectivity index (χ4v) is 2.24. The molecule has 98 valence electrons. The molecular weight excluding hydrogens is 224 g/mol. The Hall–Kier alpha value is -1.32. The van der Waals surface area contributed by atoms with Gasteiger partial charge >= 0.3 is 0 Å². The third-order valence-electron chi connectivity index (χ3n) is 3.41. The molecule has 0 unspecified atom stereocenters. The Kier molecular flexibility index (Phi) is 4.04. The number of aliphatic hydroxyl groups is 1. The minimum absolute atomic E-state index is 0.000854. The summed E-state index contributed by atoms with van der Waals surface area (Å²) in [6.45, 7) is 5.40. The SMILES string of the molecule is CC(C)(CCO)NCCc1c[nH]c2ccccc12. The van der Waals surface area contributed by atoms with E-state index in [9.17, 15) is 0 Å². The molecule has 1 aromatic carbocycles. The highest BCUT2D eigenvalue weighted by Crippen LogP contribution is 2.18. The number of fused-ring (bicyclic) bond motifs is 1. The van der Waals surface area contributed by atoms with Gasteiger partial charge in [-0.05, 0) is 44.9 Å². The first-order valence-electron chi connectivity index (χ1n) is 6.53. The molecule has 3 nitrogen and oxygen atoms in total. The molecule has 0 fully saturated rings. The molecule has 1 aromatic heterocycles. The van der Waals surface area contributed by atoms with Gasteiger partial charge in [0.2, 0.25) is 0 Å². The molecule has 2 aromatic rings. The molecule has 0 atom stereocenters. The molecule has 0 aliphatic carbocycles. The van der Waals surface area contributed by atoms with Gasteiger partial charge in [0.25, 0.3) is 0 Å². The molecule has 0 saturated heterocycles. The normalized spacial score (nSPS) is 12.2. The van der Waals surface area contributed by atoms with Crippen LogP contribution in [0.25, 0.3) is 10.9 Å². The largest absolute Gasteiger partial charge is 0.396 e. The van der Waals surface area contributed by atoms with Crippen molar-refractivity contribution in [1.82, 2.24) is 10.3 Å². The maximum absolute atomic E-state index is 8.98. The summed E-state index contributed by atoms with van der Waals surface area (Å²) in [6.07, 6.45) is 3.87. The van der Waals surface area contributed by atoms with Crippen LogP contribution in [0.2, 0.25) is 0 Å². The van der Waals surface area contributed by atoms with E-state index in [4.69, 9.17) is 5.11 Å². The lowest BCUT2D eigenvalue weighted by molar-refractivity contribution is 0.231. The Labute approximate surface area is 108 Å². The number of aromatic nitrogens is 1. The minimum atomic E-state index is 0.000854. The Morgan fingerprint density at radius 1 is 1.28 bits per heavy atom. The number of aliphatic hydroxyl groups excluding tert-OH is 1. The van der Waals surface area contributed by atoms with E-state index in [0.717, 1.165) is 19.4 Å². The van der Waals surface area contributed by atoms with E-state index < -0.39 is 0 Å². The van der Waals surface area contributed by atoms with Crippen LogP contribution >= 0.6 is 0 Å². The van der Waals surface area contributed by atoms with Gasteiger partial charge in [0.15, 0.2) is 0 Å². The predicted octanol–water partition coefficient (Wildman–Crippen LogP) is 2.46. The second-order valence-corrected chi connectivity index (χ2v) is 5.39. The number of H-pyrrole nitrogens is 1. The lowest BCUT2D eigenvalue weighted by Gasteiger charge is -2.25. The van der Waals surface area contributed by atoms with Crippen LogP contribution < -0.4 is 5.32 Å². The topological polar surface area (TPSA) is 48.0 Å². The molecule has 18 heavy (non-hydrogen) atoms. The summed E-state index contributed by atoms with van der Waals surface area (Å²) in [5.74, 6) is 0. The first-order valence-corrected chi connectivity index (χ1v) is 6.53. The summed E-state index contributed by atoms with van der Waals surface area (Å²) in [6, 6.07) is 8.37. The Bertz CT molecular complexity index is 502. The minimum Gasteiger partial charge on any atom is -0.396 e. The Balaban J connectivity index is 1.94. The zero-order valence-electron chi connectivity index (χ0n) is 11.2. The highest BCUT2D eigenvalue weighted by atomic mass is 16.3. The second kappa shape index (κ2) is 5.55. The monoisotopic (exact) mass is 246 g/mol. The highest BCUT2D eigenvalue weighted by molar-refractivity contribution is 5.83. The number of rotatable bonds is 6. The van der Waals surface area contributed by atoms with Gasteiger partial charge in [-0.25, -0.2) is 0 Å². The van der Waals surface area contributed by atoms with Crippen LogP contribution in [0.3, 0.4) is 0 Å². The molecule has 1 heterocycles. The van der Waals surface area contributed by atoms with Gasteiger partial charge in [-0.15, -0.1) is 0 Å². The first kappa shape index (κ1) is 13.1. The van der Waals surface area contributed by atoms with Crippen molar-refractivity contribution in [1.29, 1.82) is 0 Å². The van der Waals surface area contributed by atoms with Crippen LogP contribution in [0.4, 0.5) is 0 Å². The van der Waals surface area contributed by atoms with Crippen molar-refractivity contribution >= 4 is 10.9 Å². The molecule has 3 N–H and O–H groups in total. The van der Waals surface area contributed by atoms with E-state index in [-0.39, 0.29) is 12.1 Å². The molecule has 0 amide bonds. The van der Waals surface area contributed by atoms with Crippen LogP contribution in [0.15, 0.2) is 30.5 Å². The van der Waals surface area contributed by atoms with E-state index in [1.807, 2.05) is 6.07 Å². The van der Waals surface area contributed by atoms with Gasteiger partial charge in [0, 0.05) is 29.2 Å². The van der Waals surface area contributed by atoms with Crippen LogP contribution in [0, 0.1) is 0 Å². The van der Waals surface area contributed by atoms with Gasteiger partial charge in [-0.2, -0.15) is 0 Å². The van der Waals surface area contributed by atoms with Gasteiger partial charge in [-0.3, -0.25) is 0 Å². The molecule has 3 heteroatoms. The number of benzene rings is 1. The van der Waals surface area contributed by atoms with Crippen molar-refractivity contribution in [3.05, 3.63) is 36.0 Å². The zero-order valence-corrected chi connectivity index (χ0v) is 11.2. The smallest absolute Gasteiger partial charge is 0.0456 e. The number of hydrogen-bond acceptors (Lipinski definition) is 2. The van der Waals surface area contributed by atoms with Crippen LogP contribution in [-0.2, 0) is 6.42 Å². The average Bonchev–Trinajstić information content (AvgIpc) is 2.73. The van der Waals surface area contributed by atoms with Gasteiger partial charge in [0.1, 0.15) is 0 Å². The number of hydrogen-bond donors (Lipinski definition) is 3. The molecule has 0 saturated carbocycles. The quantitative estimate of drug-likeness (QED) is 0.733. The van der Waals surface area contributed by atoms with Gasteiger partial charge in [-0.1, -0.05) is 18.2 Å². The summed E-state index contributed by atoms with van der Waals surface area (Å²) >= 11 is 0. The summed E-state index contributed by atoms with van der Waals surface area (Å²) in [4.78, 5) is 3.29. The standard InChI is InChI=1S/C15H22N2O/c1-15(2,8-10-18)17-9-7-12-11-16-14-6-4-3-5-13(12)14/h3-6,11,16-18H,7-10H2,1-2H3. The summed E-state index contributed by atoms with van der Waals surface area (Å²) in [5, 5.41) is 13.8. The summed E-state index contributed by atoms with van der Waals surface area (Å²) in [7, 11) is 0. The van der Waals surface area contributed by atoms with Crippen molar-refractivity contribution in [2.45, 2.75) is 32.2 Å². The number of aromatic amines is 1. The lowest BCUT2D eigenvalue weighted by Crippen LogP contribution is -2.41. The number of para-hydroxylation sites is 1. The number of nitrogens with one attached hydrogen (secondary N) is 2. The van der Waals surface area contributed by atoms with E-state index in [1.54, 1.807) is 0 Å². The van der Waals surface area contributed by atoms with Crippen molar-refractivity contribution in [3.8, 4) is 0 Å². The molecule has 0 bridgehead atoms. The van der Waals surface area contributed by atoms with Crippen LogP contribution in [-0.4, -0.2) is 28.8 Å². The molecule has 0 radical (unpaired) electrons. The average molecular weight is 246 g/mol. The van der Waals surface area contributed by atoms with Crippen LogP contribution in [0.1, 0.15) is 25.8 Å². The van der Waals surface area contributed by atoms with E-state index in [2.05, 4.69) is 48.5 Å². The molecule has 2 rings (SSSR count). The van der Waals surface area contributed by atoms with Gasteiger partial charge < -0.3 is 15.4 Å². The zero-order chi connectivity index (χ0) is 13.0. The van der Waals surface area contributed by atoms with E-state index >= 15 is 0 Å². The predicted molar refractivity (Wildman–Crippen MR) is 75.8 cm³/mol. The maximum atomic E-state index is 8.98. The molecule has 0 aliphatic heterocycles. The third kappa shape index (κ3) is 3.12. The van der Waals surface area contributed by atoms with Crippen LogP contribution in [0.5, 0.6) is 0 Å². The Morgan fingerprint density at radius 3 is 2.83 bits per heavy atom. The van der Waals surface area contributed by atoms with Crippen molar-refractivity contribution in [2.24, 2.45) is 0 Å². The highest BCUT2D eigenvalue weighted by Gasteiger charge is 2.15. The molecular formula is C15H22N2O. The fourth-order valence-electron chi connectivity index (χ4n) is 2.24. The first-order chi connectivity index (χ1) is 8.62. The van der Waals surface area contributed by atoms with E-state index in [0.29, 0.717) is 0 Å². The lowest BCUT2D eigenvalue weighted by atomic mass is 10.0.